The second-order valence-corrected chi connectivity index (χ2v) is 4.73. The molecule has 0 radical (unpaired) electrons. The molecule has 0 aliphatic heterocycles. The van der Waals surface area contributed by atoms with Gasteiger partial charge in [0, 0.05) is 0 Å². The molecule has 1 heterocycles. The summed E-state index contributed by atoms with van der Waals surface area (Å²) >= 11 is 6.24. The van der Waals surface area contributed by atoms with Gasteiger partial charge in [-0.05, 0) is 30.7 Å². The summed E-state index contributed by atoms with van der Waals surface area (Å²) in [6.45, 7) is 1.92. The number of anilines is 1. The molecule has 0 spiro atoms. The van der Waals surface area contributed by atoms with E-state index in [2.05, 4.69) is 4.98 Å². The lowest BCUT2D eigenvalue weighted by Gasteiger charge is -2.11. The Morgan fingerprint density at radius 2 is 1.95 bits per heavy atom. The number of halogens is 2. The second kappa shape index (κ2) is 4.24. The maximum atomic E-state index is 13.7. The Kier molecular flexibility index (Phi) is 2.68. The predicted octanol–water partition coefficient (Wildman–Crippen LogP) is 3.71. The SMILES string of the molecule is Cc1cccc(Cl)c1-n1c(N)nc2c(F)cccc21. The van der Waals surface area contributed by atoms with E-state index in [-0.39, 0.29) is 11.5 Å². The molecule has 0 bridgehead atoms. The molecule has 96 valence electrons. The number of nitrogens with two attached hydrogens (primary N) is 1. The van der Waals surface area contributed by atoms with Crippen molar-refractivity contribution in [2.75, 3.05) is 5.73 Å². The molecule has 2 aromatic carbocycles. The quantitative estimate of drug-likeness (QED) is 0.736. The summed E-state index contributed by atoms with van der Waals surface area (Å²) < 4.78 is 15.4. The van der Waals surface area contributed by atoms with Gasteiger partial charge >= 0.3 is 0 Å². The Morgan fingerprint density at radius 3 is 2.68 bits per heavy atom. The van der Waals surface area contributed by atoms with E-state index < -0.39 is 5.82 Å². The summed E-state index contributed by atoms with van der Waals surface area (Å²) in [5, 5.41) is 0.551. The highest BCUT2D eigenvalue weighted by Crippen LogP contribution is 2.31. The van der Waals surface area contributed by atoms with E-state index >= 15 is 0 Å². The standard InChI is InChI=1S/C14H11ClFN3/c1-8-4-2-5-9(15)13(8)19-11-7-3-6-10(16)12(11)18-14(19)17/h2-7H,1H3,(H2,17,18). The third-order valence-electron chi connectivity index (χ3n) is 3.07. The van der Waals surface area contributed by atoms with Gasteiger partial charge in [-0.1, -0.05) is 29.8 Å². The van der Waals surface area contributed by atoms with Crippen LogP contribution in [0, 0.1) is 12.7 Å². The number of fused-ring (bicyclic) bond motifs is 1. The molecule has 19 heavy (non-hydrogen) atoms. The molecule has 3 nitrogen and oxygen atoms in total. The first kappa shape index (κ1) is 12.0. The number of imidazole rings is 1. The van der Waals surface area contributed by atoms with E-state index in [1.807, 2.05) is 19.1 Å². The molecule has 0 unspecified atom stereocenters. The lowest BCUT2D eigenvalue weighted by Crippen LogP contribution is -2.03. The van der Waals surface area contributed by atoms with Gasteiger partial charge in [-0.3, -0.25) is 4.57 Å². The molecule has 0 amide bonds. The van der Waals surface area contributed by atoms with Gasteiger partial charge in [0.1, 0.15) is 5.52 Å². The van der Waals surface area contributed by atoms with E-state index in [4.69, 9.17) is 17.3 Å². The average Bonchev–Trinajstić information content (AvgIpc) is 2.68. The van der Waals surface area contributed by atoms with Crippen LogP contribution in [0.2, 0.25) is 5.02 Å². The van der Waals surface area contributed by atoms with E-state index in [9.17, 15) is 4.39 Å². The molecule has 2 N–H and O–H groups in total. The van der Waals surface area contributed by atoms with Crippen molar-refractivity contribution >= 4 is 28.6 Å². The van der Waals surface area contributed by atoms with Crippen molar-refractivity contribution < 1.29 is 4.39 Å². The average molecular weight is 276 g/mol. The predicted molar refractivity (Wildman–Crippen MR) is 75.2 cm³/mol. The zero-order valence-electron chi connectivity index (χ0n) is 10.2. The first-order valence-corrected chi connectivity index (χ1v) is 6.15. The highest BCUT2D eigenvalue weighted by molar-refractivity contribution is 6.32. The van der Waals surface area contributed by atoms with Crippen LogP contribution >= 0.6 is 11.6 Å². The summed E-state index contributed by atoms with van der Waals surface area (Å²) in [6, 6.07) is 10.3. The largest absolute Gasteiger partial charge is 0.369 e. The van der Waals surface area contributed by atoms with Crippen LogP contribution in [0.5, 0.6) is 0 Å². The number of benzene rings is 2. The molecule has 0 saturated carbocycles. The number of para-hydroxylation sites is 2. The van der Waals surface area contributed by atoms with Crippen LogP contribution in [0.15, 0.2) is 36.4 Å². The minimum absolute atomic E-state index is 0.219. The van der Waals surface area contributed by atoms with Crippen LogP contribution in [0.25, 0.3) is 16.7 Å². The number of aromatic nitrogens is 2. The van der Waals surface area contributed by atoms with E-state index in [0.717, 1.165) is 11.3 Å². The maximum absolute atomic E-state index is 13.7. The van der Waals surface area contributed by atoms with Gasteiger partial charge in [0.05, 0.1) is 16.2 Å². The molecule has 3 aromatic rings. The molecule has 3 rings (SSSR count). The van der Waals surface area contributed by atoms with Crippen LogP contribution in [0.1, 0.15) is 5.56 Å². The summed E-state index contributed by atoms with van der Waals surface area (Å²) in [7, 11) is 0. The van der Waals surface area contributed by atoms with E-state index in [1.165, 1.54) is 6.07 Å². The zero-order valence-corrected chi connectivity index (χ0v) is 10.9. The van der Waals surface area contributed by atoms with Crippen molar-refractivity contribution in [1.29, 1.82) is 0 Å². The van der Waals surface area contributed by atoms with Gasteiger partial charge in [0.2, 0.25) is 5.95 Å². The molecule has 5 heteroatoms. The van der Waals surface area contributed by atoms with Crippen molar-refractivity contribution in [1.82, 2.24) is 9.55 Å². The Morgan fingerprint density at radius 1 is 1.21 bits per heavy atom. The lowest BCUT2D eigenvalue weighted by molar-refractivity contribution is 0.637. The molecular formula is C14H11ClFN3. The molecule has 0 fully saturated rings. The normalized spacial score (nSPS) is 11.1. The highest BCUT2D eigenvalue weighted by Gasteiger charge is 2.16. The van der Waals surface area contributed by atoms with E-state index in [0.29, 0.717) is 10.5 Å². The van der Waals surface area contributed by atoms with Crippen LogP contribution < -0.4 is 5.73 Å². The number of aryl methyl sites for hydroxylation is 1. The first-order valence-electron chi connectivity index (χ1n) is 5.77. The third kappa shape index (κ3) is 1.76. The van der Waals surface area contributed by atoms with Crippen LogP contribution in [0.4, 0.5) is 10.3 Å². The summed E-state index contributed by atoms with van der Waals surface area (Å²) in [5.74, 6) is -0.177. The van der Waals surface area contributed by atoms with Crippen LogP contribution in [0.3, 0.4) is 0 Å². The maximum Gasteiger partial charge on any atom is 0.206 e. The number of hydrogen-bond donors (Lipinski definition) is 1. The topological polar surface area (TPSA) is 43.8 Å². The summed E-state index contributed by atoms with van der Waals surface area (Å²) in [6.07, 6.45) is 0. The Bertz CT molecular complexity index is 759. The van der Waals surface area contributed by atoms with Gasteiger partial charge in [-0.2, -0.15) is 0 Å². The summed E-state index contributed by atoms with van der Waals surface area (Å²) in [5.41, 5.74) is 8.45. The summed E-state index contributed by atoms with van der Waals surface area (Å²) in [4.78, 5) is 4.08. The Labute approximate surface area is 114 Å². The molecule has 1 aromatic heterocycles. The van der Waals surface area contributed by atoms with Crippen molar-refractivity contribution in [2.45, 2.75) is 6.92 Å². The minimum atomic E-state index is -0.396. The molecule has 0 aliphatic rings. The first-order chi connectivity index (χ1) is 9.09. The molecule has 0 aliphatic carbocycles. The van der Waals surface area contributed by atoms with Crippen molar-refractivity contribution in [3.05, 3.63) is 52.8 Å². The van der Waals surface area contributed by atoms with Crippen LogP contribution in [-0.4, -0.2) is 9.55 Å². The van der Waals surface area contributed by atoms with Crippen molar-refractivity contribution in [3.8, 4) is 5.69 Å². The van der Waals surface area contributed by atoms with Gasteiger partial charge in [-0.25, -0.2) is 9.37 Å². The Balaban J connectivity index is 2.44. The van der Waals surface area contributed by atoms with Gasteiger partial charge in [0.15, 0.2) is 5.82 Å². The molecule has 0 saturated heterocycles. The fourth-order valence-corrected chi connectivity index (χ4v) is 2.53. The van der Waals surface area contributed by atoms with Gasteiger partial charge in [0.25, 0.3) is 0 Å². The smallest absolute Gasteiger partial charge is 0.206 e. The highest BCUT2D eigenvalue weighted by atomic mass is 35.5. The van der Waals surface area contributed by atoms with Crippen molar-refractivity contribution in [2.24, 2.45) is 0 Å². The number of nitrogen functional groups attached to an aromatic ring is 1. The fraction of sp³-hybridized carbons (Fsp3) is 0.0714. The lowest BCUT2D eigenvalue weighted by atomic mass is 10.2. The van der Waals surface area contributed by atoms with Crippen LogP contribution in [-0.2, 0) is 0 Å². The minimum Gasteiger partial charge on any atom is -0.369 e. The van der Waals surface area contributed by atoms with Gasteiger partial charge in [-0.15, -0.1) is 0 Å². The fourth-order valence-electron chi connectivity index (χ4n) is 2.22. The Hall–Kier alpha value is -2.07. The van der Waals surface area contributed by atoms with Crippen molar-refractivity contribution in [3.63, 3.8) is 0 Å². The monoisotopic (exact) mass is 275 g/mol. The third-order valence-corrected chi connectivity index (χ3v) is 3.38. The molecule has 0 atom stereocenters. The number of nitrogens with zero attached hydrogens (tertiary/aromatic N) is 2. The molecular weight excluding hydrogens is 265 g/mol. The number of hydrogen-bond acceptors (Lipinski definition) is 2. The second-order valence-electron chi connectivity index (χ2n) is 4.32. The van der Waals surface area contributed by atoms with E-state index in [1.54, 1.807) is 22.8 Å². The van der Waals surface area contributed by atoms with Gasteiger partial charge < -0.3 is 5.73 Å². The number of rotatable bonds is 1. The zero-order chi connectivity index (χ0) is 13.6.